The van der Waals surface area contributed by atoms with Crippen molar-refractivity contribution in [2.75, 3.05) is 15.4 Å². The molecule has 0 fully saturated rings. The van der Waals surface area contributed by atoms with Crippen molar-refractivity contribution in [1.82, 2.24) is 0 Å². The van der Waals surface area contributed by atoms with Crippen molar-refractivity contribution in [3.8, 4) is 0 Å². The maximum Gasteiger partial charge on any atom is 0.336 e. The Morgan fingerprint density at radius 2 is 1.67 bits per heavy atom. The molecule has 2 aromatic carbocycles. The van der Waals surface area contributed by atoms with E-state index in [-0.39, 0.29) is 0 Å². The number of rotatable bonds is 3. The summed E-state index contributed by atoms with van der Waals surface area (Å²) >= 11 is 4.13. The maximum atomic E-state index is 12.1. The first-order valence-corrected chi connectivity index (χ1v) is 6.43. The van der Waals surface area contributed by atoms with Crippen molar-refractivity contribution < 1.29 is 9.59 Å². The van der Waals surface area contributed by atoms with Crippen LogP contribution in [0.2, 0.25) is 0 Å². The molecule has 2 rings (SSSR count). The normalized spacial score (nSPS) is 9.95. The Kier molecular flexibility index (Phi) is 4.34. The number of amides is 3. The highest BCUT2D eigenvalue weighted by molar-refractivity contribution is 7.82. The van der Waals surface area contributed by atoms with Crippen molar-refractivity contribution in [3.05, 3.63) is 54.1 Å². The molecule has 0 unspecified atom stereocenters. The number of benzene rings is 2. The van der Waals surface area contributed by atoms with Crippen LogP contribution in [0.25, 0.3) is 0 Å². The number of nitrogens with two attached hydrogens (primary N) is 2. The Hall–Kier alpha value is -2.67. The number of carbonyl (C=O) groups excluding carboxylic acids is 2. The predicted octanol–water partition coefficient (Wildman–Crippen LogP) is 2.25. The van der Waals surface area contributed by atoms with Crippen LogP contribution in [0.3, 0.4) is 0 Å². The first-order chi connectivity index (χ1) is 9.99. The monoisotopic (exact) mass is 302 g/mol. The number of hydrogen-bond donors (Lipinski definition) is 4. The third-order valence-electron chi connectivity index (χ3n) is 2.79. The van der Waals surface area contributed by atoms with E-state index in [1.165, 1.54) is 12.1 Å². The average molecular weight is 302 g/mol. The number of anilines is 3. The zero-order valence-electron chi connectivity index (χ0n) is 11.0. The van der Waals surface area contributed by atoms with Gasteiger partial charge in [-0.1, -0.05) is 24.9 Å². The quantitative estimate of drug-likeness (QED) is 0.516. The van der Waals surface area contributed by atoms with Gasteiger partial charge < -0.3 is 16.8 Å². The molecule has 0 radical (unpaired) electrons. The maximum absolute atomic E-state index is 12.1. The number of hydrogen-bond acceptors (Lipinski definition) is 4. The standard InChI is InChI=1S/C14H14N4O2S/c15-11-3-1-2-4-12(11)17-14(20)18(21)10-7-5-9(6-8-10)13(16)19/h1-8,21H,15H2,(H2,16,19)(H,17,20). The summed E-state index contributed by atoms with van der Waals surface area (Å²) in [6.45, 7) is 0. The first-order valence-electron chi connectivity index (χ1n) is 6.03. The van der Waals surface area contributed by atoms with Crippen LogP contribution in [-0.2, 0) is 0 Å². The van der Waals surface area contributed by atoms with Crippen LogP contribution in [0, 0.1) is 0 Å². The molecule has 21 heavy (non-hydrogen) atoms. The molecule has 0 heterocycles. The first kappa shape index (κ1) is 14.7. The SMILES string of the molecule is NC(=O)c1ccc(N(S)C(=O)Nc2ccccc2N)cc1. The van der Waals surface area contributed by atoms with E-state index in [1.807, 2.05) is 0 Å². The second-order valence-corrected chi connectivity index (χ2v) is 4.64. The average Bonchev–Trinajstić information content (AvgIpc) is 2.49. The largest absolute Gasteiger partial charge is 0.397 e. The lowest BCUT2D eigenvalue weighted by molar-refractivity contribution is 0.100. The van der Waals surface area contributed by atoms with Gasteiger partial charge in [0.25, 0.3) is 0 Å². The van der Waals surface area contributed by atoms with Crippen molar-refractivity contribution in [1.29, 1.82) is 0 Å². The van der Waals surface area contributed by atoms with E-state index in [9.17, 15) is 9.59 Å². The van der Waals surface area contributed by atoms with Crippen LogP contribution < -0.4 is 21.1 Å². The molecule has 0 aliphatic carbocycles. The van der Waals surface area contributed by atoms with E-state index < -0.39 is 11.9 Å². The highest BCUT2D eigenvalue weighted by atomic mass is 32.1. The van der Waals surface area contributed by atoms with Crippen LogP contribution in [-0.4, -0.2) is 11.9 Å². The minimum Gasteiger partial charge on any atom is -0.397 e. The lowest BCUT2D eigenvalue weighted by Crippen LogP contribution is -2.27. The smallest absolute Gasteiger partial charge is 0.336 e. The summed E-state index contributed by atoms with van der Waals surface area (Å²) in [4.78, 5) is 23.1. The molecule has 0 spiro atoms. The topological polar surface area (TPSA) is 101 Å². The van der Waals surface area contributed by atoms with Gasteiger partial charge in [0, 0.05) is 5.56 Å². The van der Waals surface area contributed by atoms with Gasteiger partial charge in [-0.05, 0) is 36.4 Å². The Morgan fingerprint density at radius 3 is 2.24 bits per heavy atom. The zero-order chi connectivity index (χ0) is 15.4. The van der Waals surface area contributed by atoms with Crippen LogP contribution >= 0.6 is 12.8 Å². The summed E-state index contributed by atoms with van der Waals surface area (Å²) in [5, 5.41) is 2.64. The molecule has 0 aromatic heterocycles. The number of nitrogen functional groups attached to an aromatic ring is 1. The second kappa shape index (κ2) is 6.19. The highest BCUT2D eigenvalue weighted by Gasteiger charge is 2.13. The molecule has 0 saturated heterocycles. The molecular formula is C14H14N4O2S. The highest BCUT2D eigenvalue weighted by Crippen LogP contribution is 2.21. The molecule has 0 aliphatic heterocycles. The fraction of sp³-hybridized carbons (Fsp3) is 0. The van der Waals surface area contributed by atoms with Gasteiger partial charge in [0.1, 0.15) is 0 Å². The molecule has 0 bridgehead atoms. The Bertz CT molecular complexity index is 673. The molecule has 108 valence electrons. The summed E-state index contributed by atoms with van der Waals surface area (Å²) < 4.78 is 1.11. The lowest BCUT2D eigenvalue weighted by Gasteiger charge is -2.17. The molecular weight excluding hydrogens is 288 g/mol. The van der Waals surface area contributed by atoms with Crippen molar-refractivity contribution in [3.63, 3.8) is 0 Å². The van der Waals surface area contributed by atoms with Crippen LogP contribution in [0.1, 0.15) is 10.4 Å². The summed E-state index contributed by atoms with van der Waals surface area (Å²) in [7, 11) is 0. The van der Waals surface area contributed by atoms with Crippen LogP contribution in [0.4, 0.5) is 21.9 Å². The van der Waals surface area contributed by atoms with Crippen LogP contribution in [0.15, 0.2) is 48.5 Å². The molecule has 3 amide bonds. The van der Waals surface area contributed by atoms with Gasteiger partial charge in [0.2, 0.25) is 5.91 Å². The predicted molar refractivity (Wildman–Crippen MR) is 86.3 cm³/mol. The van der Waals surface area contributed by atoms with Gasteiger partial charge in [-0.15, -0.1) is 0 Å². The van der Waals surface area contributed by atoms with E-state index in [4.69, 9.17) is 11.5 Å². The van der Waals surface area contributed by atoms with Gasteiger partial charge in [-0.2, -0.15) is 0 Å². The van der Waals surface area contributed by atoms with Gasteiger partial charge in [0.15, 0.2) is 0 Å². The number of carbonyl (C=O) groups is 2. The minimum absolute atomic E-state index is 0.355. The number of urea groups is 1. The summed E-state index contributed by atoms with van der Waals surface area (Å²) in [5.74, 6) is -0.534. The molecule has 0 aliphatic rings. The van der Waals surface area contributed by atoms with E-state index in [2.05, 4.69) is 18.1 Å². The van der Waals surface area contributed by atoms with E-state index in [1.54, 1.807) is 36.4 Å². The zero-order valence-corrected chi connectivity index (χ0v) is 11.9. The van der Waals surface area contributed by atoms with E-state index in [0.717, 1.165) is 4.31 Å². The number of primary amides is 1. The molecule has 2 aromatic rings. The molecule has 0 atom stereocenters. The van der Waals surface area contributed by atoms with Crippen LogP contribution in [0.5, 0.6) is 0 Å². The Balaban J connectivity index is 2.12. The number of thiol groups is 1. The van der Waals surface area contributed by atoms with E-state index >= 15 is 0 Å². The number of para-hydroxylation sites is 2. The van der Waals surface area contributed by atoms with E-state index in [0.29, 0.717) is 22.6 Å². The molecule has 0 saturated carbocycles. The minimum atomic E-state index is -0.534. The Labute approximate surface area is 127 Å². The van der Waals surface area contributed by atoms with Gasteiger partial charge >= 0.3 is 6.03 Å². The molecule has 5 N–H and O–H groups in total. The number of nitrogens with one attached hydrogen (secondary N) is 1. The summed E-state index contributed by atoms with van der Waals surface area (Å²) in [5.41, 5.74) is 12.7. The van der Waals surface area contributed by atoms with Crippen molar-refractivity contribution in [2.24, 2.45) is 5.73 Å². The molecule has 7 heteroatoms. The summed E-state index contributed by atoms with van der Waals surface area (Å²) in [6, 6.07) is 12.6. The fourth-order valence-electron chi connectivity index (χ4n) is 1.66. The third kappa shape index (κ3) is 3.46. The fourth-order valence-corrected chi connectivity index (χ4v) is 1.85. The number of nitrogens with zero attached hydrogens (tertiary/aromatic N) is 1. The third-order valence-corrected chi connectivity index (χ3v) is 3.20. The lowest BCUT2D eigenvalue weighted by atomic mass is 10.2. The van der Waals surface area contributed by atoms with Crippen molar-refractivity contribution >= 4 is 41.8 Å². The van der Waals surface area contributed by atoms with Gasteiger partial charge in [0.05, 0.1) is 17.1 Å². The Morgan fingerprint density at radius 1 is 1.05 bits per heavy atom. The van der Waals surface area contributed by atoms with Crippen molar-refractivity contribution in [2.45, 2.75) is 0 Å². The second-order valence-electron chi connectivity index (χ2n) is 4.24. The molecule has 6 nitrogen and oxygen atoms in total. The summed E-state index contributed by atoms with van der Waals surface area (Å²) in [6.07, 6.45) is 0. The van der Waals surface area contributed by atoms with Gasteiger partial charge in [-0.3, -0.25) is 4.79 Å². The van der Waals surface area contributed by atoms with Gasteiger partial charge in [-0.25, -0.2) is 9.10 Å².